The molecule has 1 aliphatic heterocycles. The Morgan fingerprint density at radius 2 is 1.69 bits per heavy atom. The zero-order chi connectivity index (χ0) is 22.3. The second-order valence-corrected chi connectivity index (χ2v) is 8.70. The highest BCUT2D eigenvalue weighted by Crippen LogP contribution is 2.25. The summed E-state index contributed by atoms with van der Waals surface area (Å²) >= 11 is 0. The molecule has 2 aromatic rings. The molecule has 32 heavy (non-hydrogen) atoms. The maximum atomic E-state index is 13.2. The van der Waals surface area contributed by atoms with Crippen molar-refractivity contribution in [3.05, 3.63) is 59.7 Å². The fourth-order valence-corrected chi connectivity index (χ4v) is 4.65. The van der Waals surface area contributed by atoms with Crippen LogP contribution in [0, 0.1) is 17.2 Å². The predicted octanol–water partition coefficient (Wildman–Crippen LogP) is 4.43. The Hall–Kier alpha value is -3.33. The largest absolute Gasteiger partial charge is 0.370 e. The zero-order valence-corrected chi connectivity index (χ0v) is 18.4. The van der Waals surface area contributed by atoms with Gasteiger partial charge in [-0.25, -0.2) is 0 Å². The molecule has 2 amide bonds. The Morgan fingerprint density at radius 3 is 2.44 bits per heavy atom. The molecule has 166 valence electrons. The number of rotatable bonds is 4. The van der Waals surface area contributed by atoms with Crippen molar-refractivity contribution in [3.8, 4) is 6.07 Å². The summed E-state index contributed by atoms with van der Waals surface area (Å²) in [6, 6.07) is 17.1. The van der Waals surface area contributed by atoms with Gasteiger partial charge in [-0.3, -0.25) is 9.59 Å². The minimum Gasteiger partial charge on any atom is -0.370 e. The van der Waals surface area contributed by atoms with E-state index >= 15 is 0 Å². The summed E-state index contributed by atoms with van der Waals surface area (Å²) in [7, 11) is 0. The second kappa shape index (κ2) is 10.3. The standard InChI is InChI=1S/C26H30N4O2/c27-19-20-10-12-24(13-11-20)29-14-5-15-30(17-16-29)26(32)22-8-4-9-23(18-22)28-25(31)21-6-2-1-3-7-21/h4,8-13,18,21H,1-3,5-7,14-17H2,(H,28,31). The monoisotopic (exact) mass is 430 g/mol. The lowest BCUT2D eigenvalue weighted by Gasteiger charge is -2.24. The van der Waals surface area contributed by atoms with Crippen LogP contribution in [0.4, 0.5) is 11.4 Å². The molecule has 1 aliphatic carbocycles. The Balaban J connectivity index is 1.38. The van der Waals surface area contributed by atoms with Gasteiger partial charge in [0.15, 0.2) is 0 Å². The first-order valence-corrected chi connectivity index (χ1v) is 11.6. The van der Waals surface area contributed by atoms with Crippen molar-refractivity contribution in [1.29, 1.82) is 5.26 Å². The van der Waals surface area contributed by atoms with Crippen LogP contribution >= 0.6 is 0 Å². The van der Waals surface area contributed by atoms with Crippen LogP contribution in [0.3, 0.4) is 0 Å². The van der Waals surface area contributed by atoms with E-state index in [0.29, 0.717) is 29.9 Å². The molecule has 1 heterocycles. The number of amides is 2. The summed E-state index contributed by atoms with van der Waals surface area (Å²) in [6.07, 6.45) is 6.23. The third kappa shape index (κ3) is 5.28. The number of carbonyl (C=O) groups excluding carboxylic acids is 2. The number of anilines is 2. The first-order chi connectivity index (χ1) is 15.6. The van der Waals surface area contributed by atoms with E-state index in [0.717, 1.165) is 50.9 Å². The van der Waals surface area contributed by atoms with E-state index < -0.39 is 0 Å². The average molecular weight is 431 g/mol. The van der Waals surface area contributed by atoms with Crippen LogP contribution < -0.4 is 10.2 Å². The van der Waals surface area contributed by atoms with Crippen LogP contribution in [0.5, 0.6) is 0 Å². The van der Waals surface area contributed by atoms with E-state index in [1.54, 1.807) is 6.07 Å². The summed E-state index contributed by atoms with van der Waals surface area (Å²) in [4.78, 5) is 29.9. The summed E-state index contributed by atoms with van der Waals surface area (Å²) in [5, 5.41) is 12.0. The van der Waals surface area contributed by atoms with Gasteiger partial charge in [0.05, 0.1) is 11.6 Å². The number of hydrogen-bond donors (Lipinski definition) is 1. The topological polar surface area (TPSA) is 76.4 Å². The molecule has 0 radical (unpaired) electrons. The van der Waals surface area contributed by atoms with Crippen LogP contribution in [0.1, 0.15) is 54.4 Å². The van der Waals surface area contributed by atoms with Gasteiger partial charge in [0.2, 0.25) is 5.91 Å². The first kappa shape index (κ1) is 21.9. The minimum absolute atomic E-state index is 0.000411. The molecule has 0 unspecified atom stereocenters. The average Bonchev–Trinajstić information content (AvgIpc) is 3.11. The van der Waals surface area contributed by atoms with Gasteiger partial charge in [-0.2, -0.15) is 5.26 Å². The Labute approximate surface area is 189 Å². The van der Waals surface area contributed by atoms with Crippen molar-refractivity contribution >= 4 is 23.2 Å². The number of nitriles is 1. The summed E-state index contributed by atoms with van der Waals surface area (Å²) in [5.41, 5.74) is 3.03. The molecular formula is C26H30N4O2. The van der Waals surface area contributed by atoms with Gasteiger partial charge in [0.25, 0.3) is 5.91 Å². The zero-order valence-electron chi connectivity index (χ0n) is 18.4. The van der Waals surface area contributed by atoms with Crippen molar-refractivity contribution in [1.82, 2.24) is 4.90 Å². The van der Waals surface area contributed by atoms with Gasteiger partial charge in [-0.15, -0.1) is 0 Å². The normalized spacial score (nSPS) is 17.3. The Morgan fingerprint density at radius 1 is 0.906 bits per heavy atom. The van der Waals surface area contributed by atoms with E-state index in [9.17, 15) is 9.59 Å². The number of hydrogen-bond acceptors (Lipinski definition) is 4. The van der Waals surface area contributed by atoms with Crippen LogP contribution in [0.25, 0.3) is 0 Å². The molecule has 6 heteroatoms. The summed E-state index contributed by atoms with van der Waals surface area (Å²) in [6.45, 7) is 2.95. The van der Waals surface area contributed by atoms with Gasteiger partial charge in [0.1, 0.15) is 0 Å². The maximum absolute atomic E-state index is 13.2. The molecule has 2 aromatic carbocycles. The lowest BCUT2D eigenvalue weighted by Crippen LogP contribution is -2.35. The number of benzene rings is 2. The van der Waals surface area contributed by atoms with Crippen molar-refractivity contribution in [2.75, 3.05) is 36.4 Å². The summed E-state index contributed by atoms with van der Waals surface area (Å²) < 4.78 is 0. The number of carbonyl (C=O) groups is 2. The SMILES string of the molecule is N#Cc1ccc(N2CCCN(C(=O)c3cccc(NC(=O)C4CCCCC4)c3)CC2)cc1. The highest BCUT2D eigenvalue weighted by atomic mass is 16.2. The van der Waals surface area contributed by atoms with Crippen molar-refractivity contribution in [3.63, 3.8) is 0 Å². The van der Waals surface area contributed by atoms with Crippen LogP contribution in [0.15, 0.2) is 48.5 Å². The lowest BCUT2D eigenvalue weighted by molar-refractivity contribution is -0.120. The molecule has 6 nitrogen and oxygen atoms in total. The molecule has 1 saturated heterocycles. The molecule has 2 aliphatic rings. The fraction of sp³-hybridized carbons (Fsp3) is 0.423. The quantitative estimate of drug-likeness (QED) is 0.779. The summed E-state index contributed by atoms with van der Waals surface area (Å²) in [5.74, 6) is 0.157. The van der Waals surface area contributed by atoms with E-state index in [2.05, 4.69) is 16.3 Å². The predicted molar refractivity (Wildman–Crippen MR) is 126 cm³/mol. The van der Waals surface area contributed by atoms with Crippen LogP contribution in [-0.2, 0) is 4.79 Å². The number of nitrogens with zero attached hydrogens (tertiary/aromatic N) is 3. The Bertz CT molecular complexity index is 990. The third-order valence-corrected chi connectivity index (χ3v) is 6.50. The molecule has 1 saturated carbocycles. The number of nitrogens with one attached hydrogen (secondary N) is 1. The fourth-order valence-electron chi connectivity index (χ4n) is 4.65. The highest BCUT2D eigenvalue weighted by Gasteiger charge is 2.23. The van der Waals surface area contributed by atoms with Crippen LogP contribution in [-0.4, -0.2) is 42.9 Å². The van der Waals surface area contributed by atoms with Crippen molar-refractivity contribution in [2.24, 2.45) is 5.92 Å². The van der Waals surface area contributed by atoms with Gasteiger partial charge in [-0.05, 0) is 61.7 Å². The van der Waals surface area contributed by atoms with Gasteiger partial charge >= 0.3 is 0 Å². The molecule has 2 fully saturated rings. The van der Waals surface area contributed by atoms with Gasteiger partial charge in [-0.1, -0.05) is 25.3 Å². The van der Waals surface area contributed by atoms with Crippen molar-refractivity contribution in [2.45, 2.75) is 38.5 Å². The lowest BCUT2D eigenvalue weighted by atomic mass is 9.88. The smallest absolute Gasteiger partial charge is 0.253 e. The second-order valence-electron chi connectivity index (χ2n) is 8.70. The highest BCUT2D eigenvalue weighted by molar-refractivity contribution is 5.97. The third-order valence-electron chi connectivity index (χ3n) is 6.50. The van der Waals surface area contributed by atoms with Crippen LogP contribution in [0.2, 0.25) is 0 Å². The first-order valence-electron chi connectivity index (χ1n) is 11.6. The van der Waals surface area contributed by atoms with E-state index in [1.165, 1.54) is 6.42 Å². The molecule has 0 aromatic heterocycles. The maximum Gasteiger partial charge on any atom is 0.253 e. The Kier molecular flexibility index (Phi) is 7.06. The van der Waals surface area contributed by atoms with Gasteiger partial charge in [0, 0.05) is 49.0 Å². The molecule has 0 spiro atoms. The molecule has 0 bridgehead atoms. The van der Waals surface area contributed by atoms with Crippen molar-refractivity contribution < 1.29 is 9.59 Å². The van der Waals surface area contributed by atoms with E-state index in [-0.39, 0.29) is 17.7 Å². The van der Waals surface area contributed by atoms with E-state index in [1.807, 2.05) is 47.4 Å². The molecule has 0 atom stereocenters. The minimum atomic E-state index is 0.000411. The molecule has 4 rings (SSSR count). The molecule has 1 N–H and O–H groups in total. The van der Waals surface area contributed by atoms with Gasteiger partial charge < -0.3 is 15.1 Å². The molecular weight excluding hydrogens is 400 g/mol. The van der Waals surface area contributed by atoms with E-state index in [4.69, 9.17) is 5.26 Å².